The summed E-state index contributed by atoms with van der Waals surface area (Å²) in [6, 6.07) is 3.28. The second-order valence-electron chi connectivity index (χ2n) is 4.46. The Hall–Kier alpha value is -1.77. The van der Waals surface area contributed by atoms with Crippen molar-refractivity contribution in [3.63, 3.8) is 0 Å². The molecule has 2 rings (SSSR count). The van der Waals surface area contributed by atoms with Gasteiger partial charge in [0.25, 0.3) is 0 Å². The molecule has 0 saturated carbocycles. The number of rotatable bonds is 7. The monoisotopic (exact) mass is 313 g/mol. The van der Waals surface area contributed by atoms with Crippen LogP contribution in [-0.2, 0) is 23.2 Å². The maximum Gasteiger partial charge on any atom is 0.241 e. The predicted molar refractivity (Wildman–Crippen MR) is 74.4 cm³/mol. The molecule has 0 aliphatic carbocycles. The minimum Gasteiger partial charge on any atom is -0.392 e. The van der Waals surface area contributed by atoms with Crippen LogP contribution in [0.5, 0.6) is 0 Å². The lowest BCUT2D eigenvalue weighted by atomic mass is 10.2. The zero-order valence-corrected chi connectivity index (χ0v) is 12.1. The van der Waals surface area contributed by atoms with E-state index < -0.39 is 22.4 Å². The first-order valence-electron chi connectivity index (χ1n) is 6.37. The number of imidazole rings is 1. The van der Waals surface area contributed by atoms with E-state index in [0.29, 0.717) is 13.0 Å². The van der Waals surface area contributed by atoms with Crippen molar-refractivity contribution in [2.75, 3.05) is 6.54 Å². The molecule has 6 nitrogen and oxygen atoms in total. The lowest BCUT2D eigenvalue weighted by Gasteiger charge is -2.10. The summed E-state index contributed by atoms with van der Waals surface area (Å²) in [5.41, 5.74) is 0.165. The zero-order valence-electron chi connectivity index (χ0n) is 11.2. The third-order valence-electron chi connectivity index (χ3n) is 2.93. The highest BCUT2D eigenvalue weighted by Crippen LogP contribution is 2.17. The molecule has 0 fully saturated rings. The van der Waals surface area contributed by atoms with Crippen LogP contribution >= 0.6 is 0 Å². The van der Waals surface area contributed by atoms with Crippen molar-refractivity contribution >= 4 is 10.0 Å². The highest BCUT2D eigenvalue weighted by Gasteiger charge is 2.18. The van der Waals surface area contributed by atoms with Gasteiger partial charge in [-0.2, -0.15) is 0 Å². The van der Waals surface area contributed by atoms with Crippen LogP contribution in [0, 0.1) is 5.82 Å². The van der Waals surface area contributed by atoms with Crippen molar-refractivity contribution in [3.05, 3.63) is 48.3 Å². The van der Waals surface area contributed by atoms with Gasteiger partial charge in [0.2, 0.25) is 10.0 Å². The Morgan fingerprint density at radius 1 is 1.38 bits per heavy atom. The van der Waals surface area contributed by atoms with E-state index in [2.05, 4.69) is 9.71 Å². The summed E-state index contributed by atoms with van der Waals surface area (Å²) in [6.45, 7) is 0.367. The van der Waals surface area contributed by atoms with Crippen LogP contribution < -0.4 is 4.72 Å². The van der Waals surface area contributed by atoms with Gasteiger partial charge in [-0.15, -0.1) is 0 Å². The normalized spacial score (nSPS) is 11.7. The first-order valence-corrected chi connectivity index (χ1v) is 7.86. The largest absolute Gasteiger partial charge is 0.392 e. The number of benzene rings is 1. The van der Waals surface area contributed by atoms with Gasteiger partial charge in [-0.1, -0.05) is 6.07 Å². The Bertz CT molecular complexity index is 687. The Kier molecular flexibility index (Phi) is 5.05. The lowest BCUT2D eigenvalue weighted by molar-refractivity contribution is 0.278. The predicted octanol–water partition coefficient (Wildman–Crippen LogP) is 0.883. The van der Waals surface area contributed by atoms with Crippen LogP contribution in [0.2, 0.25) is 0 Å². The summed E-state index contributed by atoms with van der Waals surface area (Å²) in [6.07, 6.45) is 5.64. The van der Waals surface area contributed by atoms with E-state index in [0.717, 1.165) is 12.1 Å². The molecule has 0 bridgehead atoms. The summed E-state index contributed by atoms with van der Waals surface area (Å²) < 4.78 is 41.7. The van der Waals surface area contributed by atoms with Gasteiger partial charge in [0, 0.05) is 25.5 Å². The summed E-state index contributed by atoms with van der Waals surface area (Å²) in [4.78, 5) is 3.66. The number of aliphatic hydroxyl groups excluding tert-OH is 1. The van der Waals surface area contributed by atoms with Gasteiger partial charge in [0.1, 0.15) is 5.82 Å². The summed E-state index contributed by atoms with van der Waals surface area (Å²) in [5.74, 6) is -0.661. The molecule has 21 heavy (non-hydrogen) atoms. The van der Waals surface area contributed by atoms with Crippen molar-refractivity contribution in [2.45, 2.75) is 24.5 Å². The second-order valence-corrected chi connectivity index (χ2v) is 6.20. The van der Waals surface area contributed by atoms with Crippen molar-refractivity contribution in [2.24, 2.45) is 0 Å². The van der Waals surface area contributed by atoms with Gasteiger partial charge in [0.05, 0.1) is 17.8 Å². The molecule has 1 aromatic heterocycles. The van der Waals surface area contributed by atoms with Crippen LogP contribution in [0.1, 0.15) is 12.0 Å². The molecule has 0 aliphatic rings. The SMILES string of the molecule is O=S(=O)(NCCCn1ccnc1)c1cc(F)ccc1CO. The van der Waals surface area contributed by atoms with E-state index >= 15 is 0 Å². The zero-order chi connectivity index (χ0) is 15.3. The summed E-state index contributed by atoms with van der Waals surface area (Å²) in [5, 5.41) is 9.14. The quantitative estimate of drug-likeness (QED) is 0.743. The standard InChI is InChI=1S/C13H16FN3O3S/c14-12-3-2-11(9-18)13(8-12)21(19,20)16-4-1-6-17-7-5-15-10-17/h2-3,5,7-8,10,16,18H,1,4,6,9H2. The number of hydrogen-bond acceptors (Lipinski definition) is 4. The number of aliphatic hydroxyl groups is 1. The summed E-state index contributed by atoms with van der Waals surface area (Å²) in [7, 11) is -3.84. The molecule has 2 N–H and O–H groups in total. The molecule has 0 aliphatic heterocycles. The van der Waals surface area contributed by atoms with Gasteiger partial charge in [-0.05, 0) is 24.1 Å². The average Bonchev–Trinajstić information content (AvgIpc) is 2.97. The molecule has 0 unspecified atom stereocenters. The van der Waals surface area contributed by atoms with Crippen LogP contribution in [0.25, 0.3) is 0 Å². The van der Waals surface area contributed by atoms with E-state index in [-0.39, 0.29) is 17.0 Å². The number of hydrogen-bond donors (Lipinski definition) is 2. The first kappa shape index (κ1) is 15.6. The number of nitrogens with one attached hydrogen (secondary N) is 1. The fourth-order valence-corrected chi connectivity index (χ4v) is 3.19. The van der Waals surface area contributed by atoms with Gasteiger partial charge in [-0.25, -0.2) is 22.5 Å². The van der Waals surface area contributed by atoms with Crippen molar-refractivity contribution in [3.8, 4) is 0 Å². The highest BCUT2D eigenvalue weighted by atomic mass is 32.2. The van der Waals surface area contributed by atoms with Gasteiger partial charge in [-0.3, -0.25) is 0 Å². The fourth-order valence-electron chi connectivity index (χ4n) is 1.87. The first-order chi connectivity index (χ1) is 10.0. The number of nitrogens with zero attached hydrogens (tertiary/aromatic N) is 2. The fraction of sp³-hybridized carbons (Fsp3) is 0.308. The van der Waals surface area contributed by atoms with E-state index in [4.69, 9.17) is 5.11 Å². The third kappa shape index (κ3) is 4.10. The highest BCUT2D eigenvalue weighted by molar-refractivity contribution is 7.89. The second kappa shape index (κ2) is 6.79. The van der Waals surface area contributed by atoms with Crippen molar-refractivity contribution < 1.29 is 17.9 Å². The summed E-state index contributed by atoms with van der Waals surface area (Å²) >= 11 is 0. The van der Waals surface area contributed by atoms with Gasteiger partial charge < -0.3 is 9.67 Å². The minimum atomic E-state index is -3.84. The number of halogens is 1. The number of aryl methyl sites for hydroxylation is 1. The molecule has 0 saturated heterocycles. The smallest absolute Gasteiger partial charge is 0.241 e. The molecule has 1 heterocycles. The Morgan fingerprint density at radius 3 is 2.86 bits per heavy atom. The Labute approximate surface area is 122 Å². The maximum absolute atomic E-state index is 13.2. The van der Waals surface area contributed by atoms with Crippen LogP contribution in [0.4, 0.5) is 4.39 Å². The molecule has 0 atom stereocenters. The van der Waals surface area contributed by atoms with Crippen LogP contribution in [-0.4, -0.2) is 29.6 Å². The van der Waals surface area contributed by atoms with Crippen LogP contribution in [0.3, 0.4) is 0 Å². The van der Waals surface area contributed by atoms with E-state index in [9.17, 15) is 12.8 Å². The van der Waals surface area contributed by atoms with E-state index in [1.165, 1.54) is 6.07 Å². The van der Waals surface area contributed by atoms with E-state index in [1.54, 1.807) is 18.7 Å². The van der Waals surface area contributed by atoms with Crippen molar-refractivity contribution in [1.82, 2.24) is 14.3 Å². The Balaban J connectivity index is 1.99. The van der Waals surface area contributed by atoms with Crippen molar-refractivity contribution in [1.29, 1.82) is 0 Å². The molecule has 2 aromatic rings. The topological polar surface area (TPSA) is 84.2 Å². The minimum absolute atomic E-state index is 0.165. The van der Waals surface area contributed by atoms with E-state index in [1.807, 2.05) is 4.57 Å². The molecule has 0 spiro atoms. The number of aromatic nitrogens is 2. The Morgan fingerprint density at radius 2 is 2.19 bits per heavy atom. The van der Waals surface area contributed by atoms with Gasteiger partial charge >= 0.3 is 0 Å². The molecule has 0 radical (unpaired) electrons. The average molecular weight is 313 g/mol. The molecule has 1 aromatic carbocycles. The molecule has 0 amide bonds. The molecule has 114 valence electrons. The molecule has 8 heteroatoms. The molecular weight excluding hydrogens is 297 g/mol. The third-order valence-corrected chi connectivity index (χ3v) is 4.48. The maximum atomic E-state index is 13.2. The van der Waals surface area contributed by atoms with Crippen LogP contribution in [0.15, 0.2) is 41.8 Å². The van der Waals surface area contributed by atoms with Gasteiger partial charge in [0.15, 0.2) is 0 Å². The number of sulfonamides is 1. The lowest BCUT2D eigenvalue weighted by Crippen LogP contribution is -2.26. The molecular formula is C13H16FN3O3S.